The molecule has 0 aliphatic rings. The summed E-state index contributed by atoms with van der Waals surface area (Å²) in [5.74, 6) is 0. The van der Waals surface area contributed by atoms with Crippen LogP contribution in [-0.2, 0) is 109 Å². The molecule has 0 radical (unpaired) electrons. The van der Waals surface area contributed by atoms with Crippen LogP contribution in [0, 0.1) is 0 Å². The van der Waals surface area contributed by atoms with Crippen molar-refractivity contribution < 1.29 is 85.6 Å². The molecule has 0 aromatic rings. The SMILES string of the molecule is [AlH3].[AlH3].[Mo].[Mo].[S-][S-].[Ti].[Ti]. The van der Waals surface area contributed by atoms with E-state index in [2.05, 4.69) is 23.3 Å². The second-order valence-corrected chi connectivity index (χ2v) is 0. The molecule has 0 saturated carbocycles. The summed E-state index contributed by atoms with van der Waals surface area (Å²) in [5, 5.41) is 0. The van der Waals surface area contributed by atoms with Gasteiger partial charge in [-0.2, -0.15) is 0 Å². The predicted molar refractivity (Wildman–Crippen MR) is 34.6 cm³/mol. The van der Waals surface area contributed by atoms with Crippen LogP contribution in [0.3, 0.4) is 0 Å². The van der Waals surface area contributed by atoms with Crippen LogP contribution in [0.15, 0.2) is 0 Å². The second kappa shape index (κ2) is 61.9. The molecule has 0 amide bonds. The van der Waals surface area contributed by atoms with Gasteiger partial charge in [0, 0.05) is 85.6 Å². The van der Waals surface area contributed by atoms with Crippen molar-refractivity contribution in [2.75, 3.05) is 0 Å². The van der Waals surface area contributed by atoms with Gasteiger partial charge in [0.2, 0.25) is 0 Å². The minimum atomic E-state index is 0. The van der Waals surface area contributed by atoms with Crippen molar-refractivity contribution in [2.45, 2.75) is 0 Å². The molecule has 46 valence electrons. The van der Waals surface area contributed by atoms with Crippen molar-refractivity contribution >= 4 is 58.0 Å². The zero-order chi connectivity index (χ0) is 2.00. The maximum Gasteiger partial charge on any atom is 0.187 e. The smallest absolute Gasteiger partial charge is 0.187 e. The fraction of sp³-hybridized carbons (Fsp3) is 0. The Balaban J connectivity index is -0.000000000333. The molecule has 0 aliphatic carbocycles. The Hall–Kier alpha value is 4.57. The first-order valence-corrected chi connectivity index (χ1v) is 1.50. The Morgan fingerprint density at radius 2 is 0.625 bits per heavy atom. The van der Waals surface area contributed by atoms with Crippen LogP contribution in [0.25, 0.3) is 0 Å². The Kier molecular flexibility index (Phi) is 420. The van der Waals surface area contributed by atoms with Gasteiger partial charge in [-0.25, -0.2) is 0 Å². The Labute approximate surface area is 141 Å². The van der Waals surface area contributed by atoms with E-state index in [-0.39, 0.29) is 120 Å². The van der Waals surface area contributed by atoms with E-state index < -0.39 is 0 Å². The summed E-state index contributed by atoms with van der Waals surface area (Å²) in [6.45, 7) is 0. The summed E-state index contributed by atoms with van der Waals surface area (Å²) in [5.41, 5.74) is 0. The van der Waals surface area contributed by atoms with Gasteiger partial charge in [0.05, 0.1) is 0 Å². The molecular formula is H6Al2Mo2S2Ti2-2. The van der Waals surface area contributed by atoms with Gasteiger partial charge >= 0.3 is 0 Å². The minimum Gasteiger partial charge on any atom is -1.00 e. The molecule has 0 nitrogen and oxygen atoms in total. The van der Waals surface area contributed by atoms with E-state index in [9.17, 15) is 0 Å². The van der Waals surface area contributed by atoms with Crippen LogP contribution < -0.4 is 0 Å². The Morgan fingerprint density at radius 1 is 0.625 bits per heavy atom. The van der Waals surface area contributed by atoms with Crippen molar-refractivity contribution in [1.82, 2.24) is 0 Å². The topological polar surface area (TPSA) is 0 Å². The summed E-state index contributed by atoms with van der Waals surface area (Å²) in [6, 6.07) is 0. The molecule has 0 aliphatic heterocycles. The third-order valence-corrected chi connectivity index (χ3v) is 0. The maximum atomic E-state index is 3.67. The first-order valence-electron chi connectivity index (χ1n) is 0.167. The molecule has 0 aromatic carbocycles. The van der Waals surface area contributed by atoms with Gasteiger partial charge in [0.1, 0.15) is 0 Å². The van der Waals surface area contributed by atoms with Crippen molar-refractivity contribution in [3.63, 3.8) is 0 Å². The molecule has 0 aromatic heterocycles. The van der Waals surface area contributed by atoms with E-state index in [4.69, 9.17) is 0 Å². The Morgan fingerprint density at radius 3 is 0.625 bits per heavy atom. The van der Waals surface area contributed by atoms with Crippen LogP contribution in [0.5, 0.6) is 0 Å². The van der Waals surface area contributed by atoms with E-state index in [1.54, 1.807) is 0 Å². The quantitative estimate of drug-likeness (QED) is 0.248. The molecule has 0 rings (SSSR count). The van der Waals surface area contributed by atoms with Crippen molar-refractivity contribution in [3.05, 3.63) is 0 Å². The average Bonchev–Trinajstić information content (AvgIpc) is 1.00. The molecule has 0 bridgehead atoms. The molecule has 0 unspecified atom stereocenters. The van der Waals surface area contributed by atoms with Crippen LogP contribution >= 0.6 is 0 Å². The van der Waals surface area contributed by atoms with Gasteiger partial charge in [-0.15, -0.1) is 0 Å². The first kappa shape index (κ1) is 54.2. The fourth-order valence-corrected chi connectivity index (χ4v) is 0. The minimum absolute atomic E-state index is 0. The van der Waals surface area contributed by atoms with E-state index in [0.29, 0.717) is 0 Å². The number of rotatable bonds is 0. The standard InChI is InChI=1S/2Al.2Mo.S2.2Ti.6H/c;;;;1-2;;;;;;;;/q;;;;-2;;;;;;;;. The van der Waals surface area contributed by atoms with Crippen LogP contribution in [0.1, 0.15) is 0 Å². The zero-order valence-corrected chi connectivity index (χ0v) is 11.4. The molecule has 0 N–H and O–H groups in total. The van der Waals surface area contributed by atoms with Crippen LogP contribution in [0.2, 0.25) is 0 Å². The molecule has 0 heterocycles. The first-order chi connectivity index (χ1) is 1.00. The summed E-state index contributed by atoms with van der Waals surface area (Å²) in [7, 11) is 0. The molecule has 0 fully saturated rings. The molecule has 8 heavy (non-hydrogen) atoms. The van der Waals surface area contributed by atoms with Gasteiger partial charge in [-0.3, -0.25) is 0 Å². The molecule has 0 saturated heterocycles. The molecule has 0 spiro atoms. The second-order valence-electron chi connectivity index (χ2n) is 0. The van der Waals surface area contributed by atoms with Crippen LogP contribution in [0.4, 0.5) is 0 Å². The third kappa shape index (κ3) is 46.4. The largest absolute Gasteiger partial charge is 1.00 e. The average molecular weight is 412 g/mol. The van der Waals surface area contributed by atoms with Crippen LogP contribution in [-0.4, -0.2) is 34.7 Å². The van der Waals surface area contributed by atoms with Gasteiger partial charge in [0.15, 0.2) is 34.7 Å². The maximum absolute atomic E-state index is 3.67. The summed E-state index contributed by atoms with van der Waals surface area (Å²) < 4.78 is 0. The van der Waals surface area contributed by atoms with E-state index in [1.807, 2.05) is 0 Å². The Bertz CT molecular complexity index is 16.0. The van der Waals surface area contributed by atoms with Crippen molar-refractivity contribution in [3.8, 4) is 0 Å². The fourth-order valence-electron chi connectivity index (χ4n) is 0. The number of hydrogen-bond acceptors (Lipinski definition) is 2. The van der Waals surface area contributed by atoms with E-state index in [0.717, 1.165) is 0 Å². The summed E-state index contributed by atoms with van der Waals surface area (Å²) >= 11 is 7.33. The van der Waals surface area contributed by atoms with Crippen molar-refractivity contribution in [2.24, 2.45) is 0 Å². The van der Waals surface area contributed by atoms with Gasteiger partial charge < -0.3 is 23.3 Å². The zero-order valence-electron chi connectivity index (χ0n) is 2.63. The van der Waals surface area contributed by atoms with E-state index in [1.165, 1.54) is 0 Å². The third-order valence-electron chi connectivity index (χ3n) is 0. The van der Waals surface area contributed by atoms with Gasteiger partial charge in [-0.05, 0) is 0 Å². The monoisotopic (exact) mass is 416 g/mol. The normalized spacial score (nSPS) is 0.750. The van der Waals surface area contributed by atoms with Crippen molar-refractivity contribution in [1.29, 1.82) is 0 Å². The summed E-state index contributed by atoms with van der Waals surface area (Å²) in [6.07, 6.45) is 0. The molecular weight excluding hydrogens is 406 g/mol. The van der Waals surface area contributed by atoms with E-state index >= 15 is 0 Å². The summed E-state index contributed by atoms with van der Waals surface area (Å²) in [4.78, 5) is 0. The predicted octanol–water partition coefficient (Wildman–Crippen LogP) is -2.38. The molecule has 8 heteroatoms. The van der Waals surface area contributed by atoms with Gasteiger partial charge in [0.25, 0.3) is 0 Å². The van der Waals surface area contributed by atoms with Gasteiger partial charge in [-0.1, -0.05) is 0 Å². The molecule has 0 atom stereocenters. The number of hydrogen-bond donors (Lipinski definition) is 0.